The van der Waals surface area contributed by atoms with Gasteiger partial charge in [-0.2, -0.15) is 0 Å². The van der Waals surface area contributed by atoms with Gasteiger partial charge in [0.1, 0.15) is 0 Å². The number of carboxylic acid groups (broad SMARTS) is 1. The van der Waals surface area contributed by atoms with Crippen LogP contribution in [0.15, 0.2) is 33.2 Å². The average molecular weight is 325 g/mol. The normalized spacial score (nSPS) is 10.6. The Hall–Kier alpha value is -1.69. The lowest BCUT2D eigenvalue weighted by atomic mass is 10.2. The van der Waals surface area contributed by atoms with Crippen molar-refractivity contribution < 1.29 is 14.3 Å². The summed E-state index contributed by atoms with van der Waals surface area (Å²) in [7, 11) is 0. The molecule has 0 amide bonds. The van der Waals surface area contributed by atoms with E-state index in [9.17, 15) is 4.79 Å². The highest BCUT2D eigenvalue weighted by Crippen LogP contribution is 2.22. The number of aryl methyl sites for hydroxylation is 1. The van der Waals surface area contributed by atoms with Crippen molar-refractivity contribution in [2.24, 2.45) is 0 Å². The van der Waals surface area contributed by atoms with Crippen LogP contribution in [-0.4, -0.2) is 21.3 Å². The van der Waals surface area contributed by atoms with Crippen molar-refractivity contribution in [3.8, 4) is 11.5 Å². The number of halogens is 1. The molecule has 6 heteroatoms. The SMILES string of the molecule is O=C(O)CCCCc1nnc(-c2cccc(Br)c2)o1. The number of carbonyl (C=O) groups is 1. The van der Waals surface area contributed by atoms with Crippen LogP contribution in [0, 0.1) is 0 Å². The Morgan fingerprint density at radius 1 is 1.32 bits per heavy atom. The minimum atomic E-state index is -0.777. The number of aromatic nitrogens is 2. The third-order valence-electron chi connectivity index (χ3n) is 2.57. The number of rotatable bonds is 6. The van der Waals surface area contributed by atoms with Crippen LogP contribution in [0.5, 0.6) is 0 Å². The predicted octanol–water partition coefficient (Wildman–Crippen LogP) is 3.30. The molecular weight excluding hydrogens is 312 g/mol. The molecule has 5 nitrogen and oxygen atoms in total. The van der Waals surface area contributed by atoms with Crippen LogP contribution >= 0.6 is 15.9 Å². The number of hydrogen-bond donors (Lipinski definition) is 1. The van der Waals surface area contributed by atoms with Crippen molar-refractivity contribution in [3.63, 3.8) is 0 Å². The van der Waals surface area contributed by atoms with Gasteiger partial charge >= 0.3 is 5.97 Å². The second-order valence-corrected chi connectivity index (χ2v) is 5.03. The second-order valence-electron chi connectivity index (χ2n) is 4.11. The van der Waals surface area contributed by atoms with Gasteiger partial charge in [0.2, 0.25) is 11.8 Å². The molecular formula is C13H13BrN2O3. The molecule has 0 aliphatic carbocycles. The summed E-state index contributed by atoms with van der Waals surface area (Å²) < 4.78 is 6.49. The minimum Gasteiger partial charge on any atom is -0.481 e. The van der Waals surface area contributed by atoms with Crippen LogP contribution in [-0.2, 0) is 11.2 Å². The van der Waals surface area contributed by atoms with Gasteiger partial charge in [-0.15, -0.1) is 10.2 Å². The van der Waals surface area contributed by atoms with Gasteiger partial charge in [-0.05, 0) is 31.0 Å². The molecule has 0 bridgehead atoms. The van der Waals surface area contributed by atoms with Crippen LogP contribution in [0.2, 0.25) is 0 Å². The largest absolute Gasteiger partial charge is 0.481 e. The molecule has 0 radical (unpaired) electrons. The molecule has 0 fully saturated rings. The maximum atomic E-state index is 10.4. The van der Waals surface area contributed by atoms with E-state index >= 15 is 0 Å². The van der Waals surface area contributed by atoms with Gasteiger partial charge in [-0.1, -0.05) is 22.0 Å². The number of unbranched alkanes of at least 4 members (excludes halogenated alkanes) is 1. The van der Waals surface area contributed by atoms with Gasteiger partial charge in [0.25, 0.3) is 0 Å². The summed E-state index contributed by atoms with van der Waals surface area (Å²) in [6.07, 6.45) is 2.12. The maximum Gasteiger partial charge on any atom is 0.303 e. The molecule has 2 aromatic rings. The summed E-state index contributed by atoms with van der Waals surface area (Å²) in [5.41, 5.74) is 0.860. The quantitative estimate of drug-likeness (QED) is 0.825. The lowest BCUT2D eigenvalue weighted by Gasteiger charge is -1.96. The zero-order chi connectivity index (χ0) is 13.7. The topological polar surface area (TPSA) is 76.2 Å². The molecule has 1 aromatic carbocycles. The standard InChI is InChI=1S/C13H13BrN2O3/c14-10-5-3-4-9(8-10)13-16-15-11(19-13)6-1-2-7-12(17)18/h3-5,8H,1-2,6-7H2,(H,17,18). The van der Waals surface area contributed by atoms with Crippen LogP contribution < -0.4 is 0 Å². The van der Waals surface area contributed by atoms with Gasteiger partial charge in [-0.25, -0.2) is 0 Å². The van der Waals surface area contributed by atoms with E-state index in [1.165, 1.54) is 0 Å². The molecule has 1 N–H and O–H groups in total. The Balaban J connectivity index is 1.94. The zero-order valence-electron chi connectivity index (χ0n) is 10.2. The van der Waals surface area contributed by atoms with E-state index in [-0.39, 0.29) is 6.42 Å². The number of carboxylic acids is 1. The molecule has 0 spiro atoms. The fourth-order valence-electron chi connectivity index (χ4n) is 1.65. The van der Waals surface area contributed by atoms with E-state index in [0.29, 0.717) is 24.6 Å². The molecule has 0 atom stereocenters. The van der Waals surface area contributed by atoms with Crippen LogP contribution in [0.3, 0.4) is 0 Å². The van der Waals surface area contributed by atoms with E-state index in [1.807, 2.05) is 24.3 Å². The van der Waals surface area contributed by atoms with E-state index in [2.05, 4.69) is 26.1 Å². The average Bonchev–Trinajstić information content (AvgIpc) is 2.83. The van der Waals surface area contributed by atoms with Crippen molar-refractivity contribution >= 4 is 21.9 Å². The number of nitrogens with zero attached hydrogens (tertiary/aromatic N) is 2. The minimum absolute atomic E-state index is 0.173. The van der Waals surface area contributed by atoms with E-state index < -0.39 is 5.97 Å². The first kappa shape index (κ1) is 13.7. The fraction of sp³-hybridized carbons (Fsp3) is 0.308. The van der Waals surface area contributed by atoms with Crippen LogP contribution in [0.25, 0.3) is 11.5 Å². The Morgan fingerprint density at radius 3 is 2.89 bits per heavy atom. The Labute approximate surface area is 118 Å². The van der Waals surface area contributed by atoms with Gasteiger partial charge in [0, 0.05) is 22.9 Å². The molecule has 1 aromatic heterocycles. The summed E-state index contributed by atoms with van der Waals surface area (Å²) in [5, 5.41) is 16.5. The van der Waals surface area contributed by atoms with E-state index in [4.69, 9.17) is 9.52 Å². The van der Waals surface area contributed by atoms with Crippen molar-refractivity contribution in [1.29, 1.82) is 0 Å². The van der Waals surface area contributed by atoms with Gasteiger partial charge in [0.05, 0.1) is 0 Å². The molecule has 0 unspecified atom stereocenters. The molecule has 1 heterocycles. The Morgan fingerprint density at radius 2 is 2.16 bits per heavy atom. The summed E-state index contributed by atoms with van der Waals surface area (Å²) in [6, 6.07) is 7.62. The van der Waals surface area contributed by atoms with Gasteiger partial charge in [-0.3, -0.25) is 4.79 Å². The lowest BCUT2D eigenvalue weighted by Crippen LogP contribution is -1.95. The summed E-state index contributed by atoms with van der Waals surface area (Å²) >= 11 is 3.39. The first-order chi connectivity index (χ1) is 9.15. The van der Waals surface area contributed by atoms with E-state index in [0.717, 1.165) is 16.5 Å². The Bertz CT molecular complexity index is 569. The molecule has 100 valence electrons. The van der Waals surface area contributed by atoms with Gasteiger partial charge in [0.15, 0.2) is 0 Å². The highest BCUT2D eigenvalue weighted by molar-refractivity contribution is 9.10. The number of aliphatic carboxylic acids is 1. The molecule has 0 saturated carbocycles. The van der Waals surface area contributed by atoms with Crippen molar-refractivity contribution in [2.75, 3.05) is 0 Å². The molecule has 19 heavy (non-hydrogen) atoms. The summed E-state index contributed by atoms with van der Waals surface area (Å²) in [5.74, 6) is 0.246. The lowest BCUT2D eigenvalue weighted by molar-refractivity contribution is -0.137. The molecule has 0 aliphatic rings. The van der Waals surface area contributed by atoms with Crippen molar-refractivity contribution in [3.05, 3.63) is 34.6 Å². The third-order valence-corrected chi connectivity index (χ3v) is 3.06. The van der Waals surface area contributed by atoms with Crippen LogP contribution in [0.1, 0.15) is 25.2 Å². The monoisotopic (exact) mass is 324 g/mol. The predicted molar refractivity (Wildman–Crippen MR) is 72.6 cm³/mol. The van der Waals surface area contributed by atoms with E-state index in [1.54, 1.807) is 0 Å². The summed E-state index contributed by atoms with van der Waals surface area (Å²) in [6.45, 7) is 0. The second kappa shape index (κ2) is 6.47. The summed E-state index contributed by atoms with van der Waals surface area (Å²) in [4.78, 5) is 10.4. The Kier molecular flexibility index (Phi) is 4.68. The number of benzene rings is 1. The van der Waals surface area contributed by atoms with Gasteiger partial charge < -0.3 is 9.52 Å². The van der Waals surface area contributed by atoms with Crippen molar-refractivity contribution in [2.45, 2.75) is 25.7 Å². The highest BCUT2D eigenvalue weighted by atomic mass is 79.9. The molecule has 2 rings (SSSR count). The smallest absolute Gasteiger partial charge is 0.303 e. The van der Waals surface area contributed by atoms with Crippen molar-refractivity contribution in [1.82, 2.24) is 10.2 Å². The van der Waals surface area contributed by atoms with Crippen LogP contribution in [0.4, 0.5) is 0 Å². The molecule has 0 aliphatic heterocycles. The highest BCUT2D eigenvalue weighted by Gasteiger charge is 2.08. The number of hydrogen-bond acceptors (Lipinski definition) is 4. The third kappa shape index (κ3) is 4.17. The first-order valence-electron chi connectivity index (χ1n) is 5.95. The maximum absolute atomic E-state index is 10.4. The fourth-order valence-corrected chi connectivity index (χ4v) is 2.04. The zero-order valence-corrected chi connectivity index (χ0v) is 11.8. The first-order valence-corrected chi connectivity index (χ1v) is 6.74. The molecule has 0 saturated heterocycles.